The highest BCUT2D eigenvalue weighted by Crippen LogP contribution is 2.35. The maximum atomic E-state index is 13.7. The first-order valence-corrected chi connectivity index (χ1v) is 11.5. The number of piperazine rings is 1. The minimum atomic E-state index is -0.303. The molecule has 2 aliphatic heterocycles. The lowest BCUT2D eigenvalue weighted by Crippen LogP contribution is -2.48. The first-order chi connectivity index (χ1) is 16.7. The van der Waals surface area contributed by atoms with E-state index >= 15 is 0 Å². The summed E-state index contributed by atoms with van der Waals surface area (Å²) in [5.74, 6) is 1.03. The van der Waals surface area contributed by atoms with Crippen molar-refractivity contribution >= 4 is 28.9 Å². The number of hydrogen-bond donors (Lipinski definition) is 0. The molecular formula is C27H26N4O3. The van der Waals surface area contributed by atoms with Gasteiger partial charge in [0.1, 0.15) is 17.3 Å². The maximum absolute atomic E-state index is 13.7. The van der Waals surface area contributed by atoms with Gasteiger partial charge < -0.3 is 14.5 Å². The lowest BCUT2D eigenvalue weighted by Gasteiger charge is -2.37. The molecule has 2 amide bonds. The Bertz CT molecular complexity index is 1200. The Morgan fingerprint density at radius 1 is 0.794 bits per heavy atom. The summed E-state index contributed by atoms with van der Waals surface area (Å²) in [5.41, 5.74) is 2.20. The molecule has 0 bridgehead atoms. The van der Waals surface area contributed by atoms with Gasteiger partial charge in [0.15, 0.2) is 0 Å². The minimum Gasteiger partial charge on any atom is -0.494 e. The number of ether oxygens (including phenoxy) is 1. The SMILES string of the molecule is CCOc1ccc(N2C(=O)C(c3ccccc3)=C(N3CCN(c4ccccn4)CC3)C2=O)cc1. The van der Waals surface area contributed by atoms with Crippen LogP contribution >= 0.6 is 0 Å². The molecular weight excluding hydrogens is 428 g/mol. The van der Waals surface area contributed by atoms with E-state index in [-0.39, 0.29) is 11.8 Å². The first-order valence-electron chi connectivity index (χ1n) is 11.5. The molecule has 1 aromatic heterocycles. The molecule has 3 heterocycles. The average molecular weight is 455 g/mol. The number of pyridine rings is 1. The molecule has 2 aromatic carbocycles. The van der Waals surface area contributed by atoms with Gasteiger partial charge in [0, 0.05) is 32.4 Å². The van der Waals surface area contributed by atoms with Gasteiger partial charge in [0.05, 0.1) is 17.9 Å². The zero-order valence-electron chi connectivity index (χ0n) is 19.1. The summed E-state index contributed by atoms with van der Waals surface area (Å²) in [4.78, 5) is 37.3. The van der Waals surface area contributed by atoms with Crippen LogP contribution < -0.4 is 14.5 Å². The largest absolute Gasteiger partial charge is 0.494 e. The fourth-order valence-electron chi connectivity index (χ4n) is 4.47. The van der Waals surface area contributed by atoms with Crippen molar-refractivity contribution in [3.8, 4) is 5.75 Å². The van der Waals surface area contributed by atoms with Crippen molar-refractivity contribution in [2.45, 2.75) is 6.92 Å². The van der Waals surface area contributed by atoms with E-state index in [1.807, 2.05) is 60.4 Å². The van der Waals surface area contributed by atoms with Crippen LogP contribution in [0.5, 0.6) is 5.75 Å². The molecule has 0 aliphatic carbocycles. The van der Waals surface area contributed by atoms with Crippen LogP contribution in [0.25, 0.3) is 5.57 Å². The van der Waals surface area contributed by atoms with Gasteiger partial charge in [-0.1, -0.05) is 36.4 Å². The van der Waals surface area contributed by atoms with Gasteiger partial charge in [-0.15, -0.1) is 0 Å². The molecule has 0 atom stereocenters. The van der Waals surface area contributed by atoms with Crippen LogP contribution in [0.3, 0.4) is 0 Å². The number of anilines is 2. The van der Waals surface area contributed by atoms with Crippen molar-refractivity contribution in [3.63, 3.8) is 0 Å². The number of hydrogen-bond acceptors (Lipinski definition) is 6. The van der Waals surface area contributed by atoms with E-state index in [2.05, 4.69) is 9.88 Å². The maximum Gasteiger partial charge on any atom is 0.282 e. The molecule has 1 fully saturated rings. The van der Waals surface area contributed by atoms with Crippen LogP contribution in [0.2, 0.25) is 0 Å². The van der Waals surface area contributed by atoms with Gasteiger partial charge in [0.2, 0.25) is 0 Å². The molecule has 1 saturated heterocycles. The van der Waals surface area contributed by atoms with E-state index in [9.17, 15) is 9.59 Å². The molecule has 2 aliphatic rings. The Balaban J connectivity index is 1.46. The Hall–Kier alpha value is -4.13. The fraction of sp³-hybridized carbons (Fsp3) is 0.222. The molecule has 0 unspecified atom stereocenters. The summed E-state index contributed by atoms with van der Waals surface area (Å²) in [6.45, 7) is 5.14. The van der Waals surface area contributed by atoms with Crippen molar-refractivity contribution in [1.29, 1.82) is 0 Å². The lowest BCUT2D eigenvalue weighted by atomic mass is 10.0. The predicted octanol–water partition coefficient (Wildman–Crippen LogP) is 3.59. The Kier molecular flexibility index (Phi) is 5.99. The van der Waals surface area contributed by atoms with Crippen LogP contribution in [0.4, 0.5) is 11.5 Å². The van der Waals surface area contributed by atoms with E-state index in [1.165, 1.54) is 4.90 Å². The van der Waals surface area contributed by atoms with Gasteiger partial charge >= 0.3 is 0 Å². The number of amides is 2. The summed E-state index contributed by atoms with van der Waals surface area (Å²) in [7, 11) is 0. The lowest BCUT2D eigenvalue weighted by molar-refractivity contribution is -0.120. The van der Waals surface area contributed by atoms with E-state index in [0.717, 1.165) is 11.4 Å². The molecule has 7 nitrogen and oxygen atoms in total. The second-order valence-electron chi connectivity index (χ2n) is 8.12. The number of aromatic nitrogens is 1. The smallest absolute Gasteiger partial charge is 0.282 e. The second-order valence-corrected chi connectivity index (χ2v) is 8.12. The van der Waals surface area contributed by atoms with Gasteiger partial charge in [0.25, 0.3) is 11.8 Å². The van der Waals surface area contributed by atoms with Crippen molar-refractivity contribution < 1.29 is 14.3 Å². The monoisotopic (exact) mass is 454 g/mol. The number of imide groups is 1. The van der Waals surface area contributed by atoms with Gasteiger partial charge in [-0.05, 0) is 48.9 Å². The third kappa shape index (κ3) is 4.01. The summed E-state index contributed by atoms with van der Waals surface area (Å²) < 4.78 is 5.51. The predicted molar refractivity (Wildman–Crippen MR) is 131 cm³/mol. The van der Waals surface area contributed by atoms with Crippen molar-refractivity contribution in [2.75, 3.05) is 42.6 Å². The van der Waals surface area contributed by atoms with Crippen LogP contribution in [0, 0.1) is 0 Å². The quantitative estimate of drug-likeness (QED) is 0.531. The summed E-state index contributed by atoms with van der Waals surface area (Å²) in [5, 5.41) is 0. The van der Waals surface area contributed by atoms with Gasteiger partial charge in [-0.2, -0.15) is 0 Å². The Morgan fingerprint density at radius 3 is 2.12 bits per heavy atom. The van der Waals surface area contributed by atoms with Crippen LogP contribution in [-0.2, 0) is 9.59 Å². The van der Waals surface area contributed by atoms with Crippen molar-refractivity contribution in [1.82, 2.24) is 9.88 Å². The standard InChI is InChI=1S/C27H26N4O3/c1-2-34-22-13-11-21(12-14-22)31-26(32)24(20-8-4-3-5-9-20)25(27(31)33)30-18-16-29(17-19-30)23-10-6-7-15-28-23/h3-15H,2,16-19H2,1H3. The first kappa shape index (κ1) is 21.7. The number of benzene rings is 2. The topological polar surface area (TPSA) is 66.0 Å². The number of carbonyl (C=O) groups is 2. The fourth-order valence-corrected chi connectivity index (χ4v) is 4.47. The summed E-state index contributed by atoms with van der Waals surface area (Å²) >= 11 is 0. The van der Waals surface area contributed by atoms with Gasteiger partial charge in [-0.25, -0.2) is 9.88 Å². The Morgan fingerprint density at radius 2 is 1.47 bits per heavy atom. The van der Waals surface area contributed by atoms with Crippen molar-refractivity contribution in [3.05, 3.63) is 90.3 Å². The molecule has 172 valence electrons. The third-order valence-electron chi connectivity index (χ3n) is 6.10. The molecule has 0 spiro atoms. The highest BCUT2D eigenvalue weighted by atomic mass is 16.5. The average Bonchev–Trinajstić information content (AvgIpc) is 3.15. The molecule has 34 heavy (non-hydrogen) atoms. The zero-order valence-corrected chi connectivity index (χ0v) is 19.1. The normalized spacial score (nSPS) is 16.4. The Labute approximate surface area is 198 Å². The molecule has 0 radical (unpaired) electrons. The number of carbonyl (C=O) groups excluding carboxylic acids is 2. The van der Waals surface area contributed by atoms with E-state index in [4.69, 9.17) is 4.74 Å². The number of nitrogens with zero attached hydrogens (tertiary/aromatic N) is 4. The van der Waals surface area contributed by atoms with Crippen LogP contribution in [0.1, 0.15) is 12.5 Å². The van der Waals surface area contributed by atoms with Crippen LogP contribution in [-0.4, -0.2) is 54.5 Å². The number of rotatable bonds is 6. The van der Waals surface area contributed by atoms with E-state index in [0.29, 0.717) is 55.5 Å². The molecule has 3 aromatic rings. The zero-order chi connectivity index (χ0) is 23.5. The molecule has 7 heteroatoms. The molecule has 0 saturated carbocycles. The highest BCUT2D eigenvalue weighted by molar-refractivity contribution is 6.45. The molecule has 5 rings (SSSR count). The highest BCUT2D eigenvalue weighted by Gasteiger charge is 2.43. The van der Waals surface area contributed by atoms with Crippen LogP contribution in [0.15, 0.2) is 84.7 Å². The third-order valence-corrected chi connectivity index (χ3v) is 6.10. The summed E-state index contributed by atoms with van der Waals surface area (Å²) in [6.07, 6.45) is 1.78. The summed E-state index contributed by atoms with van der Waals surface area (Å²) in [6, 6.07) is 22.4. The van der Waals surface area contributed by atoms with E-state index < -0.39 is 0 Å². The second kappa shape index (κ2) is 9.39. The minimum absolute atomic E-state index is 0.292. The van der Waals surface area contributed by atoms with Crippen molar-refractivity contribution in [2.24, 2.45) is 0 Å². The molecule has 0 N–H and O–H groups in total. The van der Waals surface area contributed by atoms with E-state index in [1.54, 1.807) is 30.5 Å². The van der Waals surface area contributed by atoms with Gasteiger partial charge in [-0.3, -0.25) is 9.59 Å².